The van der Waals surface area contributed by atoms with Crippen LogP contribution in [0.25, 0.3) is 0 Å². The lowest BCUT2D eigenvalue weighted by molar-refractivity contribution is 0.0479. The fourth-order valence-corrected chi connectivity index (χ4v) is 2.88. The quantitative estimate of drug-likeness (QED) is 0.935. The van der Waals surface area contributed by atoms with Crippen LogP contribution in [0, 0.1) is 6.92 Å². The first-order valence-electron chi connectivity index (χ1n) is 7.64. The molecule has 1 N–H and O–H groups in total. The van der Waals surface area contributed by atoms with E-state index in [1.54, 1.807) is 12.4 Å². The maximum absolute atomic E-state index is 12.7. The number of rotatable bonds is 3. The maximum Gasteiger partial charge on any atom is 0.255 e. The molecule has 2 aromatic rings. The summed E-state index contributed by atoms with van der Waals surface area (Å²) in [6.45, 7) is 7.23. The molecule has 1 fully saturated rings. The molecule has 6 heteroatoms. The number of hydrogen-bond acceptors (Lipinski definition) is 4. The van der Waals surface area contributed by atoms with Crippen LogP contribution >= 0.6 is 0 Å². The fraction of sp³-hybridized carbons (Fsp3) is 0.438. The Morgan fingerprint density at radius 2 is 2.23 bits per heavy atom. The molecule has 116 valence electrons. The van der Waals surface area contributed by atoms with Gasteiger partial charge >= 0.3 is 0 Å². The van der Waals surface area contributed by atoms with Crippen molar-refractivity contribution in [1.82, 2.24) is 24.8 Å². The zero-order valence-corrected chi connectivity index (χ0v) is 13.0. The van der Waals surface area contributed by atoms with Crippen molar-refractivity contribution in [2.24, 2.45) is 0 Å². The minimum atomic E-state index is 0.0415. The minimum Gasteiger partial charge on any atom is -0.347 e. The first-order valence-corrected chi connectivity index (χ1v) is 7.64. The molecule has 1 amide bonds. The van der Waals surface area contributed by atoms with Gasteiger partial charge in [0.05, 0.1) is 11.6 Å². The molecule has 1 atom stereocenters. The SMILES string of the molecule is CCN1CCN(C(=O)c2ccc(C)nc2)CC1c1ncc[nH]1. The van der Waals surface area contributed by atoms with Crippen molar-refractivity contribution in [3.8, 4) is 0 Å². The highest BCUT2D eigenvalue weighted by Gasteiger charge is 2.31. The number of imidazole rings is 1. The molecule has 1 saturated heterocycles. The molecule has 0 saturated carbocycles. The Balaban J connectivity index is 1.78. The average molecular weight is 299 g/mol. The van der Waals surface area contributed by atoms with Gasteiger partial charge in [0.25, 0.3) is 5.91 Å². The van der Waals surface area contributed by atoms with Gasteiger partial charge in [-0.2, -0.15) is 0 Å². The van der Waals surface area contributed by atoms with Crippen LogP contribution < -0.4 is 0 Å². The summed E-state index contributed by atoms with van der Waals surface area (Å²) < 4.78 is 0. The smallest absolute Gasteiger partial charge is 0.255 e. The van der Waals surface area contributed by atoms with E-state index in [-0.39, 0.29) is 11.9 Å². The van der Waals surface area contributed by atoms with Crippen LogP contribution in [0.15, 0.2) is 30.7 Å². The van der Waals surface area contributed by atoms with Crippen LogP contribution in [-0.2, 0) is 0 Å². The molecule has 3 rings (SSSR count). The summed E-state index contributed by atoms with van der Waals surface area (Å²) in [4.78, 5) is 28.7. The van der Waals surface area contributed by atoms with Crippen LogP contribution in [0.1, 0.15) is 34.8 Å². The zero-order valence-electron chi connectivity index (χ0n) is 13.0. The molecule has 22 heavy (non-hydrogen) atoms. The zero-order chi connectivity index (χ0) is 15.5. The van der Waals surface area contributed by atoms with Crippen molar-refractivity contribution in [1.29, 1.82) is 0 Å². The molecule has 0 spiro atoms. The number of aromatic nitrogens is 3. The first-order chi connectivity index (χ1) is 10.7. The largest absolute Gasteiger partial charge is 0.347 e. The Morgan fingerprint density at radius 1 is 1.36 bits per heavy atom. The Hall–Kier alpha value is -2.21. The van der Waals surface area contributed by atoms with Gasteiger partial charge in [-0.25, -0.2) is 4.98 Å². The highest BCUT2D eigenvalue weighted by atomic mass is 16.2. The standard InChI is InChI=1S/C16H21N5O/c1-3-20-8-9-21(11-14(20)15-17-6-7-18-15)16(22)13-5-4-12(2)19-10-13/h4-7,10,14H,3,8-9,11H2,1-2H3,(H,17,18). The molecule has 2 aromatic heterocycles. The van der Waals surface area contributed by atoms with E-state index in [0.29, 0.717) is 12.1 Å². The second-order valence-corrected chi connectivity index (χ2v) is 5.56. The number of nitrogens with one attached hydrogen (secondary N) is 1. The summed E-state index contributed by atoms with van der Waals surface area (Å²) in [5.74, 6) is 0.959. The van der Waals surface area contributed by atoms with E-state index in [4.69, 9.17) is 0 Å². The monoisotopic (exact) mass is 299 g/mol. The number of amides is 1. The predicted molar refractivity (Wildman–Crippen MR) is 83.5 cm³/mol. The van der Waals surface area contributed by atoms with Gasteiger partial charge in [0.2, 0.25) is 0 Å². The van der Waals surface area contributed by atoms with Gasteiger partial charge < -0.3 is 9.88 Å². The summed E-state index contributed by atoms with van der Waals surface area (Å²) in [7, 11) is 0. The van der Waals surface area contributed by atoms with E-state index in [9.17, 15) is 4.79 Å². The van der Waals surface area contributed by atoms with E-state index in [1.165, 1.54) is 0 Å². The Morgan fingerprint density at radius 3 is 2.86 bits per heavy atom. The summed E-state index contributed by atoms with van der Waals surface area (Å²) >= 11 is 0. The molecule has 0 aromatic carbocycles. The summed E-state index contributed by atoms with van der Waals surface area (Å²) in [6, 6.07) is 3.84. The molecule has 1 aliphatic rings. The summed E-state index contributed by atoms with van der Waals surface area (Å²) in [5, 5.41) is 0. The topological polar surface area (TPSA) is 65.1 Å². The number of H-pyrrole nitrogens is 1. The van der Waals surface area contributed by atoms with E-state index >= 15 is 0 Å². The number of pyridine rings is 1. The van der Waals surface area contributed by atoms with Crippen molar-refractivity contribution in [3.05, 3.63) is 47.8 Å². The van der Waals surface area contributed by atoms with Crippen LogP contribution in [0.4, 0.5) is 0 Å². The molecule has 0 bridgehead atoms. The number of carbonyl (C=O) groups is 1. The van der Waals surface area contributed by atoms with Gasteiger partial charge in [0, 0.05) is 43.9 Å². The molecular formula is C16H21N5O. The van der Waals surface area contributed by atoms with Gasteiger partial charge in [-0.3, -0.25) is 14.7 Å². The Bertz CT molecular complexity index is 622. The molecule has 1 unspecified atom stereocenters. The second kappa shape index (κ2) is 6.27. The number of carbonyl (C=O) groups excluding carboxylic acids is 1. The molecule has 6 nitrogen and oxygen atoms in total. The van der Waals surface area contributed by atoms with Crippen LogP contribution in [0.3, 0.4) is 0 Å². The molecule has 1 aliphatic heterocycles. The van der Waals surface area contributed by atoms with Crippen molar-refractivity contribution in [3.63, 3.8) is 0 Å². The third-order valence-corrected chi connectivity index (χ3v) is 4.18. The summed E-state index contributed by atoms with van der Waals surface area (Å²) in [5.41, 5.74) is 1.56. The first kappa shape index (κ1) is 14.7. The lowest BCUT2D eigenvalue weighted by Crippen LogP contribution is -2.50. The fourth-order valence-electron chi connectivity index (χ4n) is 2.88. The molecule has 0 aliphatic carbocycles. The Kier molecular flexibility index (Phi) is 4.20. The molecule has 3 heterocycles. The highest BCUT2D eigenvalue weighted by molar-refractivity contribution is 5.94. The van der Waals surface area contributed by atoms with Crippen LogP contribution in [0.5, 0.6) is 0 Å². The van der Waals surface area contributed by atoms with E-state index in [0.717, 1.165) is 31.2 Å². The summed E-state index contributed by atoms with van der Waals surface area (Å²) in [6.07, 6.45) is 5.24. The van der Waals surface area contributed by atoms with E-state index in [1.807, 2.05) is 30.2 Å². The number of aromatic amines is 1. The maximum atomic E-state index is 12.7. The van der Waals surface area contributed by atoms with Gasteiger partial charge in [-0.1, -0.05) is 6.92 Å². The number of aryl methyl sites for hydroxylation is 1. The highest BCUT2D eigenvalue weighted by Crippen LogP contribution is 2.23. The lowest BCUT2D eigenvalue weighted by atomic mass is 10.1. The van der Waals surface area contributed by atoms with Gasteiger partial charge in [0.15, 0.2) is 0 Å². The van der Waals surface area contributed by atoms with E-state index in [2.05, 4.69) is 26.8 Å². The van der Waals surface area contributed by atoms with Gasteiger partial charge in [-0.05, 0) is 25.6 Å². The number of piperazine rings is 1. The predicted octanol–water partition coefficient (Wildman–Crippen LogP) is 1.63. The lowest BCUT2D eigenvalue weighted by Gasteiger charge is -2.40. The third-order valence-electron chi connectivity index (χ3n) is 4.18. The van der Waals surface area contributed by atoms with Gasteiger partial charge in [-0.15, -0.1) is 0 Å². The van der Waals surface area contributed by atoms with Crippen LogP contribution in [0.2, 0.25) is 0 Å². The Labute approximate surface area is 130 Å². The van der Waals surface area contributed by atoms with Gasteiger partial charge in [0.1, 0.15) is 5.82 Å². The van der Waals surface area contributed by atoms with Crippen LogP contribution in [-0.4, -0.2) is 56.8 Å². The van der Waals surface area contributed by atoms with E-state index < -0.39 is 0 Å². The minimum absolute atomic E-state index is 0.0415. The normalized spacial score (nSPS) is 19.4. The number of hydrogen-bond donors (Lipinski definition) is 1. The second-order valence-electron chi connectivity index (χ2n) is 5.56. The van der Waals surface area contributed by atoms with Crippen molar-refractivity contribution < 1.29 is 4.79 Å². The third kappa shape index (κ3) is 2.87. The van der Waals surface area contributed by atoms with Crippen molar-refractivity contribution in [2.75, 3.05) is 26.2 Å². The van der Waals surface area contributed by atoms with Crippen molar-refractivity contribution in [2.45, 2.75) is 19.9 Å². The number of likely N-dealkylation sites (N-methyl/N-ethyl adjacent to an activating group) is 1. The molecular weight excluding hydrogens is 278 g/mol. The average Bonchev–Trinajstić information content (AvgIpc) is 3.08. The molecule has 0 radical (unpaired) electrons. The number of nitrogens with zero attached hydrogens (tertiary/aromatic N) is 4. The van der Waals surface area contributed by atoms with Crippen molar-refractivity contribution >= 4 is 5.91 Å².